The van der Waals surface area contributed by atoms with Crippen molar-refractivity contribution in [1.29, 1.82) is 0 Å². The summed E-state index contributed by atoms with van der Waals surface area (Å²) < 4.78 is 0.909. The van der Waals surface area contributed by atoms with E-state index < -0.39 is 11.2 Å². The van der Waals surface area contributed by atoms with Crippen molar-refractivity contribution in [3.63, 3.8) is 0 Å². The van der Waals surface area contributed by atoms with Crippen LogP contribution in [-0.2, 0) is 7.05 Å². The fraction of sp³-hybridized carbons (Fsp3) is 0.583. The number of aromatic nitrogens is 2. The van der Waals surface area contributed by atoms with Gasteiger partial charge in [-0.2, -0.15) is 0 Å². The zero-order valence-electron chi connectivity index (χ0n) is 11.1. The van der Waals surface area contributed by atoms with Crippen LogP contribution in [0, 0.1) is 0 Å². The molecule has 1 fully saturated rings. The predicted molar refractivity (Wildman–Crippen MR) is 70.3 cm³/mol. The third-order valence-corrected chi connectivity index (χ3v) is 3.53. The fourth-order valence-corrected chi connectivity index (χ4v) is 2.29. The van der Waals surface area contributed by atoms with Gasteiger partial charge in [-0.15, -0.1) is 0 Å². The Hall–Kier alpha value is -1.89. The van der Waals surface area contributed by atoms with Gasteiger partial charge in [0.15, 0.2) is 0 Å². The molecule has 1 saturated heterocycles. The number of amides is 1. The Bertz CT molecular complexity index is 589. The number of aromatic amines is 1. The molecule has 1 amide bonds. The Morgan fingerprint density at radius 2 is 2.21 bits per heavy atom. The zero-order valence-corrected chi connectivity index (χ0v) is 11.1. The van der Waals surface area contributed by atoms with Crippen molar-refractivity contribution < 1.29 is 4.79 Å². The molecule has 2 N–H and O–H groups in total. The number of likely N-dealkylation sites (N-methyl/N-ethyl adjacent to an activating group) is 1. The molecule has 0 aliphatic carbocycles. The minimum Gasteiger partial charge on any atom is -0.337 e. The molecular formula is C12H18N4O3. The SMILES string of the molecule is CNC1CCCN(C(=O)c2c[nH]c(=O)n(C)c2=O)C1. The van der Waals surface area contributed by atoms with Gasteiger partial charge in [-0.05, 0) is 19.9 Å². The van der Waals surface area contributed by atoms with E-state index in [2.05, 4.69) is 10.3 Å². The number of carbonyl (C=O) groups excluding carboxylic acids is 1. The van der Waals surface area contributed by atoms with Gasteiger partial charge in [-0.3, -0.25) is 14.2 Å². The summed E-state index contributed by atoms with van der Waals surface area (Å²) in [5, 5.41) is 3.14. The van der Waals surface area contributed by atoms with Crippen LogP contribution in [0.15, 0.2) is 15.8 Å². The number of nitrogens with one attached hydrogen (secondary N) is 2. The number of hydrogen-bond acceptors (Lipinski definition) is 4. The Labute approximate surface area is 110 Å². The molecule has 19 heavy (non-hydrogen) atoms. The lowest BCUT2D eigenvalue weighted by atomic mass is 10.1. The summed E-state index contributed by atoms with van der Waals surface area (Å²) in [6.45, 7) is 1.22. The van der Waals surface area contributed by atoms with E-state index in [0.717, 1.165) is 17.4 Å². The zero-order chi connectivity index (χ0) is 14.0. The number of likely N-dealkylation sites (tertiary alicyclic amines) is 1. The minimum absolute atomic E-state index is 0.0128. The first kappa shape index (κ1) is 13.5. The van der Waals surface area contributed by atoms with Crippen LogP contribution in [0.2, 0.25) is 0 Å². The maximum absolute atomic E-state index is 12.3. The van der Waals surface area contributed by atoms with Crippen LogP contribution < -0.4 is 16.6 Å². The van der Waals surface area contributed by atoms with Gasteiger partial charge < -0.3 is 15.2 Å². The lowest BCUT2D eigenvalue weighted by molar-refractivity contribution is 0.0695. The molecule has 1 aliphatic heterocycles. The van der Waals surface area contributed by atoms with E-state index in [4.69, 9.17) is 0 Å². The molecule has 0 bridgehead atoms. The summed E-state index contributed by atoms with van der Waals surface area (Å²) in [6, 6.07) is 0.254. The largest absolute Gasteiger partial charge is 0.337 e. The van der Waals surface area contributed by atoms with Gasteiger partial charge in [0, 0.05) is 32.4 Å². The van der Waals surface area contributed by atoms with Crippen LogP contribution in [0.4, 0.5) is 0 Å². The highest BCUT2D eigenvalue weighted by molar-refractivity contribution is 5.93. The molecule has 0 radical (unpaired) electrons. The number of H-pyrrole nitrogens is 1. The summed E-state index contributed by atoms with van der Waals surface area (Å²) in [7, 11) is 3.21. The summed E-state index contributed by atoms with van der Waals surface area (Å²) in [4.78, 5) is 39.5. The smallest absolute Gasteiger partial charge is 0.328 e. The molecule has 0 saturated carbocycles. The Morgan fingerprint density at radius 3 is 2.89 bits per heavy atom. The highest BCUT2D eigenvalue weighted by Gasteiger charge is 2.25. The number of rotatable bonds is 2. The molecular weight excluding hydrogens is 248 g/mol. The van der Waals surface area contributed by atoms with E-state index in [1.54, 1.807) is 4.90 Å². The normalized spacial score (nSPS) is 19.5. The number of hydrogen-bond donors (Lipinski definition) is 2. The summed E-state index contributed by atoms with van der Waals surface area (Å²) in [5.41, 5.74) is -1.06. The second kappa shape index (κ2) is 5.40. The fourth-order valence-electron chi connectivity index (χ4n) is 2.29. The average molecular weight is 266 g/mol. The maximum atomic E-state index is 12.3. The molecule has 7 heteroatoms. The number of piperidine rings is 1. The molecule has 1 atom stereocenters. The number of nitrogens with zero attached hydrogens (tertiary/aromatic N) is 2. The third-order valence-electron chi connectivity index (χ3n) is 3.53. The van der Waals surface area contributed by atoms with Gasteiger partial charge in [0.2, 0.25) is 0 Å². The summed E-state index contributed by atoms with van der Waals surface area (Å²) in [6.07, 6.45) is 3.13. The molecule has 1 aliphatic rings. The van der Waals surface area contributed by atoms with Crippen molar-refractivity contribution in [3.05, 3.63) is 32.6 Å². The van der Waals surface area contributed by atoms with Crippen LogP contribution in [-0.4, -0.2) is 46.5 Å². The maximum Gasteiger partial charge on any atom is 0.328 e. The van der Waals surface area contributed by atoms with Crippen molar-refractivity contribution in [3.8, 4) is 0 Å². The van der Waals surface area contributed by atoms with E-state index in [1.165, 1.54) is 13.2 Å². The second-order valence-corrected chi connectivity index (χ2v) is 4.75. The molecule has 2 heterocycles. The van der Waals surface area contributed by atoms with Crippen molar-refractivity contribution in [1.82, 2.24) is 19.8 Å². The van der Waals surface area contributed by atoms with Crippen LogP contribution in [0.1, 0.15) is 23.2 Å². The first-order valence-electron chi connectivity index (χ1n) is 6.30. The lowest BCUT2D eigenvalue weighted by Gasteiger charge is -2.32. The molecule has 1 unspecified atom stereocenters. The monoisotopic (exact) mass is 266 g/mol. The molecule has 104 valence electrons. The highest BCUT2D eigenvalue weighted by Crippen LogP contribution is 2.11. The lowest BCUT2D eigenvalue weighted by Crippen LogP contribution is -2.49. The van der Waals surface area contributed by atoms with Crippen LogP contribution >= 0.6 is 0 Å². The summed E-state index contributed by atoms with van der Waals surface area (Å²) in [5.74, 6) is -0.322. The van der Waals surface area contributed by atoms with Gasteiger partial charge in [0.1, 0.15) is 5.56 Å². The van der Waals surface area contributed by atoms with Gasteiger partial charge in [0.05, 0.1) is 0 Å². The molecule has 1 aromatic heterocycles. The van der Waals surface area contributed by atoms with Crippen molar-refractivity contribution >= 4 is 5.91 Å². The molecule has 7 nitrogen and oxygen atoms in total. The third kappa shape index (κ3) is 2.60. The second-order valence-electron chi connectivity index (χ2n) is 4.75. The Kier molecular flexibility index (Phi) is 3.84. The first-order chi connectivity index (χ1) is 9.04. The first-order valence-corrected chi connectivity index (χ1v) is 6.30. The Morgan fingerprint density at radius 1 is 1.47 bits per heavy atom. The van der Waals surface area contributed by atoms with Crippen molar-refractivity contribution in [2.24, 2.45) is 7.05 Å². The molecule has 2 rings (SSSR count). The van der Waals surface area contributed by atoms with Gasteiger partial charge in [-0.25, -0.2) is 4.79 Å². The van der Waals surface area contributed by atoms with Crippen molar-refractivity contribution in [2.45, 2.75) is 18.9 Å². The van der Waals surface area contributed by atoms with Crippen LogP contribution in [0.25, 0.3) is 0 Å². The van der Waals surface area contributed by atoms with Gasteiger partial charge in [0.25, 0.3) is 11.5 Å². The topological polar surface area (TPSA) is 87.2 Å². The molecule has 1 aromatic rings. The minimum atomic E-state index is -0.555. The highest BCUT2D eigenvalue weighted by atomic mass is 16.2. The van der Waals surface area contributed by atoms with Crippen LogP contribution in [0.3, 0.4) is 0 Å². The molecule has 0 spiro atoms. The average Bonchev–Trinajstić information content (AvgIpc) is 2.44. The van der Waals surface area contributed by atoms with Gasteiger partial charge >= 0.3 is 5.69 Å². The van der Waals surface area contributed by atoms with E-state index in [0.29, 0.717) is 13.1 Å². The Balaban J connectivity index is 2.27. The van der Waals surface area contributed by atoms with E-state index >= 15 is 0 Å². The quantitative estimate of drug-likeness (QED) is 0.711. The predicted octanol–water partition coefficient (Wildman–Crippen LogP) is -1.10. The molecule has 0 aromatic carbocycles. The van der Waals surface area contributed by atoms with E-state index in [1.807, 2.05) is 7.05 Å². The van der Waals surface area contributed by atoms with E-state index in [9.17, 15) is 14.4 Å². The van der Waals surface area contributed by atoms with E-state index in [-0.39, 0.29) is 17.5 Å². The van der Waals surface area contributed by atoms with Crippen LogP contribution in [0.5, 0.6) is 0 Å². The summed E-state index contributed by atoms with van der Waals surface area (Å²) >= 11 is 0. The van der Waals surface area contributed by atoms with Gasteiger partial charge in [-0.1, -0.05) is 0 Å². The standard InChI is InChI=1S/C12H18N4O3/c1-13-8-4-3-5-16(7-8)11(18)9-6-14-12(19)15(2)10(9)17/h6,8,13H,3-5,7H2,1-2H3,(H,14,19). The number of carbonyl (C=O) groups is 1. The van der Waals surface area contributed by atoms with Crippen molar-refractivity contribution in [2.75, 3.05) is 20.1 Å².